The van der Waals surface area contributed by atoms with Gasteiger partial charge in [-0.2, -0.15) is 0 Å². The molecule has 116 valence electrons. The largest absolute Gasteiger partial charge is 0.502 e. The minimum absolute atomic E-state index is 0.439. The first-order valence-corrected chi connectivity index (χ1v) is 7.16. The maximum absolute atomic E-state index is 12.1. The number of nitro groups is 1. The van der Waals surface area contributed by atoms with Crippen molar-refractivity contribution < 1.29 is 28.3 Å². The Bertz CT molecular complexity index is 682. The van der Waals surface area contributed by atoms with Crippen molar-refractivity contribution in [2.75, 3.05) is 0 Å². The summed E-state index contributed by atoms with van der Waals surface area (Å²) in [5.41, 5.74) is -2.04. The first kappa shape index (κ1) is 16.9. The van der Waals surface area contributed by atoms with Gasteiger partial charge in [-0.3, -0.25) is 14.9 Å². The van der Waals surface area contributed by atoms with E-state index in [1.807, 2.05) is 0 Å². The lowest BCUT2D eigenvalue weighted by molar-refractivity contribution is -0.386. The molecule has 0 aliphatic rings. The molecule has 1 rings (SSSR count). The Morgan fingerprint density at radius 1 is 1.43 bits per heavy atom. The molecule has 1 aromatic rings. The highest BCUT2D eigenvalue weighted by Crippen LogP contribution is 2.28. The first-order chi connectivity index (χ1) is 9.44. The average molecular weight is 318 g/mol. The third-order valence-electron chi connectivity index (χ3n) is 2.46. The monoisotopic (exact) mass is 318 g/mol. The molecule has 0 unspecified atom stereocenters. The normalized spacial score (nSPS) is 12.1. The number of carboxylic acids is 1. The lowest BCUT2D eigenvalue weighted by Gasteiger charge is -2.23. The van der Waals surface area contributed by atoms with E-state index in [2.05, 4.69) is 4.72 Å². The Balaban J connectivity index is 3.17. The van der Waals surface area contributed by atoms with E-state index in [0.717, 1.165) is 12.1 Å². The van der Waals surface area contributed by atoms with Crippen LogP contribution in [0.25, 0.3) is 0 Å². The second-order valence-electron chi connectivity index (χ2n) is 4.97. The highest BCUT2D eigenvalue weighted by molar-refractivity contribution is 7.89. The summed E-state index contributed by atoms with van der Waals surface area (Å²) in [6, 6.07) is 2.58. The predicted molar refractivity (Wildman–Crippen MR) is 71.4 cm³/mol. The molecule has 0 radical (unpaired) electrons. The molecule has 0 aromatic heterocycles. The number of hydrogen-bond donors (Lipinski definition) is 3. The van der Waals surface area contributed by atoms with Crippen LogP contribution in [0.15, 0.2) is 23.1 Å². The maximum Gasteiger partial charge on any atom is 0.312 e. The summed E-state index contributed by atoms with van der Waals surface area (Å²) in [5.74, 6) is -1.86. The Hall–Kier alpha value is -2.20. The summed E-state index contributed by atoms with van der Waals surface area (Å²) in [7, 11) is -4.17. The second kappa shape index (κ2) is 5.66. The molecule has 0 saturated heterocycles. The standard InChI is InChI=1S/C11H14N2O7S/c1-11(2,6-10(15)16)12-21(19,20)7-3-4-9(14)8(5-7)13(17)18/h3-5,12,14H,6H2,1-2H3,(H,15,16). The number of phenols is 1. The van der Waals surface area contributed by atoms with Crippen LogP contribution in [-0.2, 0) is 14.8 Å². The molecule has 0 spiro atoms. The van der Waals surface area contributed by atoms with Crippen LogP contribution in [0.2, 0.25) is 0 Å². The summed E-state index contributed by atoms with van der Waals surface area (Å²) in [4.78, 5) is 20.0. The topological polar surface area (TPSA) is 147 Å². The van der Waals surface area contributed by atoms with Crippen LogP contribution in [0, 0.1) is 10.1 Å². The van der Waals surface area contributed by atoms with Gasteiger partial charge in [0.15, 0.2) is 5.75 Å². The molecule has 3 N–H and O–H groups in total. The number of aromatic hydroxyl groups is 1. The zero-order valence-corrected chi connectivity index (χ0v) is 12.0. The number of carbonyl (C=O) groups is 1. The van der Waals surface area contributed by atoms with E-state index < -0.39 is 49.2 Å². The molecule has 0 saturated carbocycles. The van der Waals surface area contributed by atoms with Gasteiger partial charge in [0, 0.05) is 11.6 Å². The number of rotatable bonds is 6. The molecule has 10 heteroatoms. The van der Waals surface area contributed by atoms with Gasteiger partial charge >= 0.3 is 11.7 Å². The Kier molecular flexibility index (Phi) is 4.54. The fraction of sp³-hybridized carbons (Fsp3) is 0.364. The lowest BCUT2D eigenvalue weighted by Crippen LogP contribution is -2.44. The quantitative estimate of drug-likeness (QED) is 0.520. The van der Waals surface area contributed by atoms with E-state index in [-0.39, 0.29) is 0 Å². The van der Waals surface area contributed by atoms with E-state index in [9.17, 15) is 28.4 Å². The van der Waals surface area contributed by atoms with Crippen LogP contribution in [-0.4, -0.2) is 35.1 Å². The van der Waals surface area contributed by atoms with E-state index >= 15 is 0 Å². The number of nitro benzene ring substituents is 1. The van der Waals surface area contributed by atoms with E-state index in [1.54, 1.807) is 0 Å². The minimum Gasteiger partial charge on any atom is -0.502 e. The first-order valence-electron chi connectivity index (χ1n) is 5.68. The molecule has 0 heterocycles. The molecular weight excluding hydrogens is 304 g/mol. The SMILES string of the molecule is CC(C)(CC(=O)O)NS(=O)(=O)c1ccc(O)c([N+](=O)[O-])c1. The lowest BCUT2D eigenvalue weighted by atomic mass is 10.0. The summed E-state index contributed by atoms with van der Waals surface area (Å²) < 4.78 is 26.4. The molecule has 0 aliphatic heterocycles. The molecule has 0 aliphatic carbocycles. The molecule has 0 atom stereocenters. The van der Waals surface area contributed by atoms with Crippen LogP contribution in [0.1, 0.15) is 20.3 Å². The van der Waals surface area contributed by atoms with Crippen LogP contribution in [0.3, 0.4) is 0 Å². The summed E-state index contributed by atoms with van der Waals surface area (Å²) >= 11 is 0. The Labute approximate surface area is 120 Å². The van der Waals surface area contributed by atoms with Gasteiger partial charge in [-0.1, -0.05) is 0 Å². The zero-order chi connectivity index (χ0) is 16.4. The van der Waals surface area contributed by atoms with Crippen LogP contribution >= 0.6 is 0 Å². The van der Waals surface area contributed by atoms with Crippen LogP contribution in [0.5, 0.6) is 5.75 Å². The van der Waals surface area contributed by atoms with Gasteiger partial charge in [-0.05, 0) is 26.0 Å². The molecular formula is C11H14N2O7S. The van der Waals surface area contributed by atoms with E-state index in [1.165, 1.54) is 13.8 Å². The highest BCUT2D eigenvalue weighted by atomic mass is 32.2. The number of hydrogen-bond acceptors (Lipinski definition) is 6. The van der Waals surface area contributed by atoms with E-state index in [4.69, 9.17) is 5.11 Å². The minimum atomic E-state index is -4.17. The van der Waals surface area contributed by atoms with Gasteiger partial charge < -0.3 is 10.2 Å². The van der Waals surface area contributed by atoms with Gasteiger partial charge in [-0.15, -0.1) is 0 Å². The van der Waals surface area contributed by atoms with Crippen molar-refractivity contribution in [1.29, 1.82) is 0 Å². The number of phenolic OH excluding ortho intramolecular Hbond substituents is 1. The van der Waals surface area contributed by atoms with Crippen molar-refractivity contribution in [2.24, 2.45) is 0 Å². The van der Waals surface area contributed by atoms with Crippen molar-refractivity contribution in [3.8, 4) is 5.75 Å². The van der Waals surface area contributed by atoms with Gasteiger partial charge in [0.2, 0.25) is 10.0 Å². The molecule has 0 amide bonds. The number of sulfonamides is 1. The molecule has 1 aromatic carbocycles. The number of nitrogens with zero attached hydrogens (tertiary/aromatic N) is 1. The van der Waals surface area contributed by atoms with Gasteiger partial charge in [0.25, 0.3) is 0 Å². The maximum atomic E-state index is 12.1. The van der Waals surface area contributed by atoms with Crippen molar-refractivity contribution in [1.82, 2.24) is 4.72 Å². The fourth-order valence-electron chi connectivity index (χ4n) is 1.65. The molecule has 0 fully saturated rings. The van der Waals surface area contributed by atoms with Gasteiger partial charge in [0.05, 0.1) is 16.2 Å². The predicted octanol–water partition coefficient (Wildman–Crippen LogP) is 0.832. The van der Waals surface area contributed by atoms with Crippen molar-refractivity contribution in [2.45, 2.75) is 30.7 Å². The molecule has 0 bridgehead atoms. The Morgan fingerprint density at radius 2 is 2.00 bits per heavy atom. The third kappa shape index (κ3) is 4.39. The fourth-order valence-corrected chi connectivity index (χ4v) is 3.08. The van der Waals surface area contributed by atoms with E-state index in [0.29, 0.717) is 6.07 Å². The van der Waals surface area contributed by atoms with Crippen molar-refractivity contribution in [3.63, 3.8) is 0 Å². The van der Waals surface area contributed by atoms with Crippen molar-refractivity contribution >= 4 is 21.7 Å². The summed E-state index contributed by atoms with van der Waals surface area (Å²) in [5, 5.41) is 28.7. The van der Waals surface area contributed by atoms with Crippen LogP contribution < -0.4 is 4.72 Å². The van der Waals surface area contributed by atoms with Crippen molar-refractivity contribution in [3.05, 3.63) is 28.3 Å². The molecule has 21 heavy (non-hydrogen) atoms. The number of benzene rings is 1. The number of carboxylic acid groups (broad SMARTS) is 1. The second-order valence-corrected chi connectivity index (χ2v) is 6.65. The average Bonchev–Trinajstić information content (AvgIpc) is 2.24. The highest BCUT2D eigenvalue weighted by Gasteiger charge is 2.30. The van der Waals surface area contributed by atoms with Gasteiger partial charge in [-0.25, -0.2) is 13.1 Å². The van der Waals surface area contributed by atoms with Gasteiger partial charge in [0.1, 0.15) is 0 Å². The zero-order valence-electron chi connectivity index (χ0n) is 11.2. The third-order valence-corrected chi connectivity index (χ3v) is 4.15. The number of aliphatic carboxylic acids is 1. The number of nitrogens with one attached hydrogen (secondary N) is 1. The summed E-state index contributed by atoms with van der Waals surface area (Å²) in [6.45, 7) is 2.74. The Morgan fingerprint density at radius 3 is 2.48 bits per heavy atom. The summed E-state index contributed by atoms with van der Waals surface area (Å²) in [6.07, 6.45) is -0.466. The molecule has 9 nitrogen and oxygen atoms in total. The smallest absolute Gasteiger partial charge is 0.312 e. The van der Waals surface area contributed by atoms with Crippen LogP contribution in [0.4, 0.5) is 5.69 Å².